The van der Waals surface area contributed by atoms with Gasteiger partial charge in [-0.2, -0.15) is 0 Å². The Morgan fingerprint density at radius 3 is 1.94 bits per heavy atom. The first-order valence-electron chi connectivity index (χ1n) is 9.95. The SMILES string of the molecule is O=S(=O)(NC[C@H](c1ccco1)S(=O)(=O)c1ccc(F)cc1)c1ccc(-c2ccccc2)cc1. The van der Waals surface area contributed by atoms with E-state index >= 15 is 0 Å². The van der Waals surface area contributed by atoms with Crippen LogP contribution >= 0.6 is 0 Å². The Hall–Kier alpha value is -3.27. The van der Waals surface area contributed by atoms with Gasteiger partial charge in [0.1, 0.15) is 16.8 Å². The normalized spacial score (nSPS) is 13.0. The summed E-state index contributed by atoms with van der Waals surface area (Å²) in [6.07, 6.45) is 1.30. The fraction of sp³-hybridized carbons (Fsp3) is 0.0833. The summed E-state index contributed by atoms with van der Waals surface area (Å²) in [5.74, 6) is -0.510. The molecule has 0 unspecified atom stereocenters. The van der Waals surface area contributed by atoms with Gasteiger partial charge in [0.15, 0.2) is 9.84 Å². The second-order valence-electron chi connectivity index (χ2n) is 7.25. The number of furan rings is 1. The van der Waals surface area contributed by atoms with Crippen LogP contribution < -0.4 is 4.72 Å². The highest BCUT2D eigenvalue weighted by molar-refractivity contribution is 7.92. The van der Waals surface area contributed by atoms with E-state index in [1.165, 1.54) is 30.5 Å². The Labute approximate surface area is 191 Å². The summed E-state index contributed by atoms with van der Waals surface area (Å²) in [4.78, 5) is -0.142. The fourth-order valence-electron chi connectivity index (χ4n) is 3.35. The van der Waals surface area contributed by atoms with E-state index in [2.05, 4.69) is 4.72 Å². The maximum Gasteiger partial charge on any atom is 0.240 e. The molecule has 1 aromatic heterocycles. The zero-order valence-electron chi connectivity index (χ0n) is 17.3. The molecule has 170 valence electrons. The van der Waals surface area contributed by atoms with Crippen LogP contribution in [0.4, 0.5) is 4.39 Å². The summed E-state index contributed by atoms with van der Waals surface area (Å²) in [7, 11) is -8.09. The van der Waals surface area contributed by atoms with Gasteiger partial charge in [0, 0.05) is 6.54 Å². The van der Waals surface area contributed by atoms with E-state index in [0.29, 0.717) is 0 Å². The zero-order chi connectivity index (χ0) is 23.5. The molecule has 0 radical (unpaired) electrons. The molecule has 0 fully saturated rings. The zero-order valence-corrected chi connectivity index (χ0v) is 18.9. The smallest absolute Gasteiger partial charge is 0.240 e. The van der Waals surface area contributed by atoms with Gasteiger partial charge >= 0.3 is 0 Å². The largest absolute Gasteiger partial charge is 0.468 e. The van der Waals surface area contributed by atoms with Crippen molar-refractivity contribution in [3.63, 3.8) is 0 Å². The standard InChI is InChI=1S/C24H20FNO5S2/c25-20-10-14-21(15-11-20)32(27,28)24(23-7-4-16-31-23)17-26-33(29,30)22-12-8-19(9-13-22)18-5-2-1-3-6-18/h1-16,24,26H,17H2/t24-/m1/s1. The van der Waals surface area contributed by atoms with Gasteiger partial charge in [-0.15, -0.1) is 0 Å². The molecule has 0 aliphatic heterocycles. The highest BCUT2D eigenvalue weighted by Crippen LogP contribution is 2.30. The van der Waals surface area contributed by atoms with Crippen molar-refractivity contribution in [1.29, 1.82) is 0 Å². The van der Waals surface area contributed by atoms with Crippen molar-refractivity contribution in [2.45, 2.75) is 15.0 Å². The quantitative estimate of drug-likeness (QED) is 0.369. The predicted octanol–water partition coefficient (Wildman–Crippen LogP) is 4.58. The molecule has 0 spiro atoms. The number of halogens is 1. The Kier molecular flexibility index (Phi) is 6.46. The first-order valence-corrected chi connectivity index (χ1v) is 13.0. The molecule has 1 atom stereocenters. The molecular weight excluding hydrogens is 465 g/mol. The molecule has 3 aromatic carbocycles. The molecular formula is C24H20FNO5S2. The molecule has 0 amide bonds. The van der Waals surface area contributed by atoms with Gasteiger partial charge in [-0.3, -0.25) is 0 Å². The van der Waals surface area contributed by atoms with Gasteiger partial charge in [-0.25, -0.2) is 25.9 Å². The number of nitrogens with one attached hydrogen (secondary N) is 1. The topological polar surface area (TPSA) is 93.4 Å². The lowest BCUT2D eigenvalue weighted by Gasteiger charge is -2.17. The second kappa shape index (κ2) is 9.30. The molecule has 4 rings (SSSR count). The molecule has 0 saturated heterocycles. The summed E-state index contributed by atoms with van der Waals surface area (Å²) in [5.41, 5.74) is 1.79. The van der Waals surface area contributed by atoms with Crippen LogP contribution in [0.2, 0.25) is 0 Å². The van der Waals surface area contributed by atoms with Crippen molar-refractivity contribution in [3.05, 3.63) is 109 Å². The molecule has 0 saturated carbocycles. The van der Waals surface area contributed by atoms with Crippen molar-refractivity contribution >= 4 is 19.9 Å². The van der Waals surface area contributed by atoms with E-state index in [0.717, 1.165) is 35.4 Å². The summed E-state index contributed by atoms with van der Waals surface area (Å²) < 4.78 is 73.0. The maximum absolute atomic E-state index is 13.3. The van der Waals surface area contributed by atoms with E-state index < -0.39 is 37.5 Å². The minimum Gasteiger partial charge on any atom is -0.468 e. The molecule has 33 heavy (non-hydrogen) atoms. The number of sulfone groups is 1. The van der Waals surface area contributed by atoms with E-state index in [-0.39, 0.29) is 15.6 Å². The van der Waals surface area contributed by atoms with Crippen LogP contribution in [0.15, 0.2) is 111 Å². The van der Waals surface area contributed by atoms with Crippen LogP contribution in [0.1, 0.15) is 11.0 Å². The lowest BCUT2D eigenvalue weighted by atomic mass is 10.1. The number of rotatable bonds is 8. The summed E-state index contributed by atoms with van der Waals surface area (Å²) in [5, 5.41) is -1.34. The minimum absolute atomic E-state index is 0.000411. The van der Waals surface area contributed by atoms with Gasteiger partial charge in [-0.05, 0) is 59.7 Å². The number of hydrogen-bond donors (Lipinski definition) is 1. The Balaban J connectivity index is 1.58. The van der Waals surface area contributed by atoms with Crippen LogP contribution in [0, 0.1) is 5.82 Å². The van der Waals surface area contributed by atoms with Crippen molar-refractivity contribution in [2.75, 3.05) is 6.54 Å². The van der Waals surface area contributed by atoms with Crippen molar-refractivity contribution < 1.29 is 25.6 Å². The van der Waals surface area contributed by atoms with Crippen molar-refractivity contribution in [2.24, 2.45) is 0 Å². The molecule has 0 aliphatic carbocycles. The van der Waals surface area contributed by atoms with Crippen LogP contribution in [-0.2, 0) is 19.9 Å². The number of sulfonamides is 1. The number of benzene rings is 3. The molecule has 9 heteroatoms. The Morgan fingerprint density at radius 1 is 0.727 bits per heavy atom. The minimum atomic E-state index is -4.08. The average Bonchev–Trinajstić information content (AvgIpc) is 3.34. The molecule has 6 nitrogen and oxygen atoms in total. The lowest BCUT2D eigenvalue weighted by Crippen LogP contribution is -2.31. The third-order valence-corrected chi connectivity index (χ3v) is 8.62. The van der Waals surface area contributed by atoms with E-state index in [4.69, 9.17) is 4.42 Å². The van der Waals surface area contributed by atoms with Crippen molar-refractivity contribution in [3.8, 4) is 11.1 Å². The van der Waals surface area contributed by atoms with Gasteiger partial charge < -0.3 is 4.42 Å². The van der Waals surface area contributed by atoms with Gasteiger partial charge in [0.2, 0.25) is 10.0 Å². The second-order valence-corrected chi connectivity index (χ2v) is 11.1. The highest BCUT2D eigenvalue weighted by Gasteiger charge is 2.33. The van der Waals surface area contributed by atoms with E-state index in [9.17, 15) is 21.2 Å². The third-order valence-electron chi connectivity index (χ3n) is 5.11. The monoisotopic (exact) mass is 485 g/mol. The van der Waals surface area contributed by atoms with Crippen molar-refractivity contribution in [1.82, 2.24) is 4.72 Å². The third kappa shape index (κ3) is 5.05. The van der Waals surface area contributed by atoms with E-state index in [1.54, 1.807) is 12.1 Å². The Bertz CT molecular complexity index is 1420. The average molecular weight is 486 g/mol. The molecule has 1 N–H and O–H groups in total. The van der Waals surface area contributed by atoms with Crippen LogP contribution in [0.5, 0.6) is 0 Å². The Morgan fingerprint density at radius 2 is 1.33 bits per heavy atom. The highest BCUT2D eigenvalue weighted by atomic mass is 32.2. The fourth-order valence-corrected chi connectivity index (χ4v) is 6.09. The van der Waals surface area contributed by atoms with Crippen LogP contribution in [-0.4, -0.2) is 23.4 Å². The number of hydrogen-bond acceptors (Lipinski definition) is 5. The molecule has 0 aliphatic rings. The first kappa shape index (κ1) is 22.9. The summed E-state index contributed by atoms with van der Waals surface area (Å²) in [6, 6.07) is 23.1. The first-order chi connectivity index (χ1) is 15.8. The lowest BCUT2D eigenvalue weighted by molar-refractivity contribution is 0.486. The van der Waals surface area contributed by atoms with Gasteiger partial charge in [0.05, 0.1) is 16.1 Å². The maximum atomic E-state index is 13.3. The van der Waals surface area contributed by atoms with Gasteiger partial charge in [0.25, 0.3) is 0 Å². The predicted molar refractivity (Wildman–Crippen MR) is 122 cm³/mol. The van der Waals surface area contributed by atoms with Crippen LogP contribution in [0.25, 0.3) is 11.1 Å². The molecule has 4 aromatic rings. The molecule has 1 heterocycles. The summed E-state index contributed by atoms with van der Waals surface area (Å²) >= 11 is 0. The summed E-state index contributed by atoms with van der Waals surface area (Å²) in [6.45, 7) is -0.462. The van der Waals surface area contributed by atoms with Gasteiger partial charge in [-0.1, -0.05) is 42.5 Å². The van der Waals surface area contributed by atoms with E-state index in [1.807, 2.05) is 30.3 Å². The molecule has 0 bridgehead atoms. The van der Waals surface area contributed by atoms with Crippen LogP contribution in [0.3, 0.4) is 0 Å².